The Hall–Kier alpha value is -3.46. The second kappa shape index (κ2) is 8.35. The van der Waals surface area contributed by atoms with Gasteiger partial charge in [0.15, 0.2) is 12.4 Å². The van der Waals surface area contributed by atoms with Crippen molar-refractivity contribution >= 4 is 50.2 Å². The second-order valence-corrected chi connectivity index (χ2v) is 8.07. The lowest BCUT2D eigenvalue weighted by atomic mass is 10.2. The van der Waals surface area contributed by atoms with Gasteiger partial charge in [0.2, 0.25) is 0 Å². The van der Waals surface area contributed by atoms with Crippen molar-refractivity contribution in [2.24, 2.45) is 0 Å². The van der Waals surface area contributed by atoms with Gasteiger partial charge in [-0.05, 0) is 43.9 Å². The molecule has 0 unspecified atom stereocenters. The molecule has 1 aromatic carbocycles. The Labute approximate surface area is 182 Å². The van der Waals surface area contributed by atoms with E-state index in [4.69, 9.17) is 15.2 Å². The summed E-state index contributed by atoms with van der Waals surface area (Å²) in [7, 11) is 0. The number of rotatable bonds is 6. The molecule has 0 bridgehead atoms. The summed E-state index contributed by atoms with van der Waals surface area (Å²) in [5.74, 6) is -0.289. The smallest absolute Gasteiger partial charge is 0.348 e. The van der Waals surface area contributed by atoms with Gasteiger partial charge >= 0.3 is 11.9 Å². The summed E-state index contributed by atoms with van der Waals surface area (Å²) in [4.78, 5) is 34.3. The van der Waals surface area contributed by atoms with E-state index in [0.717, 1.165) is 16.6 Å². The van der Waals surface area contributed by atoms with Crippen LogP contribution in [0.15, 0.2) is 30.3 Å². The fraction of sp³-hybridized carbons (Fsp3) is 0.273. The summed E-state index contributed by atoms with van der Waals surface area (Å²) in [6.45, 7) is 5.74. The largest absolute Gasteiger partial charge is 0.462 e. The molecule has 9 heteroatoms. The van der Waals surface area contributed by atoms with Crippen molar-refractivity contribution in [1.82, 2.24) is 14.5 Å². The predicted molar refractivity (Wildman–Crippen MR) is 119 cm³/mol. The molecule has 4 rings (SSSR count). The summed E-state index contributed by atoms with van der Waals surface area (Å²) < 4.78 is 12.4. The number of thiophene rings is 1. The van der Waals surface area contributed by atoms with Crippen LogP contribution in [0.5, 0.6) is 0 Å². The van der Waals surface area contributed by atoms with Crippen LogP contribution in [0.2, 0.25) is 0 Å². The lowest BCUT2D eigenvalue weighted by molar-refractivity contribution is -0.145. The molecule has 0 spiro atoms. The van der Waals surface area contributed by atoms with E-state index in [-0.39, 0.29) is 31.4 Å². The van der Waals surface area contributed by atoms with E-state index in [2.05, 4.69) is 9.97 Å². The Morgan fingerprint density at radius 3 is 2.71 bits per heavy atom. The van der Waals surface area contributed by atoms with Crippen molar-refractivity contribution in [3.05, 3.63) is 52.3 Å². The molecule has 0 aliphatic rings. The van der Waals surface area contributed by atoms with Crippen molar-refractivity contribution in [2.75, 3.05) is 12.3 Å². The number of aromatic nitrogens is 3. The van der Waals surface area contributed by atoms with E-state index >= 15 is 0 Å². The molecule has 0 aliphatic heterocycles. The molecule has 2 N–H and O–H groups in total. The highest BCUT2D eigenvalue weighted by atomic mass is 32.1. The number of benzene rings is 1. The highest BCUT2D eigenvalue weighted by Crippen LogP contribution is 2.33. The summed E-state index contributed by atoms with van der Waals surface area (Å²) in [6.07, 6.45) is 0. The Bertz CT molecular complexity index is 1310. The van der Waals surface area contributed by atoms with Gasteiger partial charge in [-0.1, -0.05) is 18.2 Å². The third-order valence-corrected chi connectivity index (χ3v) is 6.16. The van der Waals surface area contributed by atoms with Crippen LogP contribution < -0.4 is 5.73 Å². The lowest BCUT2D eigenvalue weighted by Gasteiger charge is -2.09. The number of para-hydroxylation sites is 1. The van der Waals surface area contributed by atoms with Gasteiger partial charge in [-0.15, -0.1) is 11.3 Å². The number of fused-ring (bicyclic) bond motifs is 2. The number of anilines is 1. The van der Waals surface area contributed by atoms with Gasteiger partial charge < -0.3 is 19.8 Å². The zero-order valence-corrected chi connectivity index (χ0v) is 18.3. The number of nitrogens with two attached hydrogens (primary N) is 1. The third-order valence-electron chi connectivity index (χ3n) is 4.99. The average molecular weight is 439 g/mol. The van der Waals surface area contributed by atoms with Crippen molar-refractivity contribution in [2.45, 2.75) is 33.9 Å². The fourth-order valence-electron chi connectivity index (χ4n) is 3.55. The minimum absolute atomic E-state index is 0.0855. The average Bonchev–Trinajstić information content (AvgIpc) is 3.24. The number of carbonyl (C=O) groups excluding carboxylic acids is 2. The number of hydrogen-bond acceptors (Lipinski definition) is 8. The molecule has 8 nitrogen and oxygen atoms in total. The first-order valence-corrected chi connectivity index (χ1v) is 10.6. The van der Waals surface area contributed by atoms with Crippen molar-refractivity contribution < 1.29 is 19.1 Å². The molecule has 0 aliphatic carbocycles. The highest BCUT2D eigenvalue weighted by molar-refractivity contribution is 7.20. The monoisotopic (exact) mass is 438 g/mol. The van der Waals surface area contributed by atoms with E-state index < -0.39 is 11.9 Å². The molecule has 0 radical (unpaired) electrons. The summed E-state index contributed by atoms with van der Waals surface area (Å²) in [6, 6.07) is 9.89. The number of ether oxygens (including phenoxy) is 2. The first-order chi connectivity index (χ1) is 14.9. The van der Waals surface area contributed by atoms with Gasteiger partial charge in [0, 0.05) is 11.2 Å². The Morgan fingerprint density at radius 1 is 1.16 bits per heavy atom. The zero-order valence-electron chi connectivity index (χ0n) is 17.5. The van der Waals surface area contributed by atoms with Gasteiger partial charge in [0.1, 0.15) is 22.1 Å². The number of hydrogen-bond donors (Lipinski definition) is 1. The van der Waals surface area contributed by atoms with Crippen LogP contribution in [-0.4, -0.2) is 33.1 Å². The first-order valence-electron chi connectivity index (χ1n) is 9.82. The molecule has 3 heterocycles. The first kappa shape index (κ1) is 20.8. The summed E-state index contributed by atoms with van der Waals surface area (Å²) in [5.41, 5.74) is 8.74. The zero-order chi connectivity index (χ0) is 22.1. The van der Waals surface area contributed by atoms with Crippen molar-refractivity contribution in [1.29, 1.82) is 0 Å². The van der Waals surface area contributed by atoms with Gasteiger partial charge in [0.05, 0.1) is 12.0 Å². The minimum atomic E-state index is -0.412. The number of nitrogens with zero attached hydrogens (tertiary/aromatic N) is 3. The van der Waals surface area contributed by atoms with Crippen LogP contribution in [0.1, 0.15) is 33.7 Å². The molecule has 0 saturated carbocycles. The fourth-order valence-corrected chi connectivity index (χ4v) is 4.65. The van der Waals surface area contributed by atoms with Crippen LogP contribution in [0.4, 0.5) is 5.82 Å². The van der Waals surface area contributed by atoms with Crippen LogP contribution in [0.3, 0.4) is 0 Å². The molecule has 3 aromatic heterocycles. The van der Waals surface area contributed by atoms with E-state index in [0.29, 0.717) is 20.7 Å². The van der Waals surface area contributed by atoms with E-state index in [1.165, 1.54) is 11.3 Å². The summed E-state index contributed by atoms with van der Waals surface area (Å²) in [5, 5.41) is 1.69. The predicted octanol–water partition coefficient (Wildman–Crippen LogP) is 3.77. The number of nitrogen functional groups attached to an aromatic ring is 1. The molecule has 0 saturated heterocycles. The molecule has 0 amide bonds. The van der Waals surface area contributed by atoms with Gasteiger partial charge in [0.25, 0.3) is 0 Å². The maximum Gasteiger partial charge on any atom is 0.348 e. The molecule has 160 valence electrons. The maximum absolute atomic E-state index is 12.5. The van der Waals surface area contributed by atoms with Crippen LogP contribution in [0.25, 0.3) is 21.1 Å². The normalized spacial score (nSPS) is 11.2. The van der Waals surface area contributed by atoms with Crippen LogP contribution in [0, 0.1) is 13.8 Å². The standard InChI is InChI=1S/C22H22N4O4S/c1-4-29-22(28)19-13(3)18-20(23)24-16(25-21(18)31-19)11-30-17(27)10-26-12(2)9-14-7-5-6-8-15(14)26/h5-9H,4,10-11H2,1-3H3,(H2,23,24,25). The minimum Gasteiger partial charge on any atom is -0.462 e. The molecule has 0 fully saturated rings. The van der Waals surface area contributed by atoms with Crippen molar-refractivity contribution in [3.8, 4) is 0 Å². The molecular weight excluding hydrogens is 416 g/mol. The second-order valence-electron chi connectivity index (χ2n) is 7.07. The molecular formula is C22H22N4O4S. The van der Waals surface area contributed by atoms with E-state index in [9.17, 15) is 9.59 Å². The number of esters is 2. The van der Waals surface area contributed by atoms with Gasteiger partial charge in [-0.25, -0.2) is 14.8 Å². The third kappa shape index (κ3) is 3.96. The van der Waals surface area contributed by atoms with Crippen molar-refractivity contribution in [3.63, 3.8) is 0 Å². The number of carbonyl (C=O) groups is 2. The van der Waals surface area contributed by atoms with Crippen LogP contribution >= 0.6 is 11.3 Å². The van der Waals surface area contributed by atoms with Gasteiger partial charge in [-0.2, -0.15) is 0 Å². The lowest BCUT2D eigenvalue weighted by Crippen LogP contribution is -2.15. The summed E-state index contributed by atoms with van der Waals surface area (Å²) >= 11 is 1.19. The Kier molecular flexibility index (Phi) is 5.60. The quantitative estimate of drug-likeness (QED) is 0.456. The topological polar surface area (TPSA) is 109 Å². The van der Waals surface area contributed by atoms with E-state index in [1.54, 1.807) is 13.8 Å². The van der Waals surface area contributed by atoms with Crippen LogP contribution in [-0.2, 0) is 27.4 Å². The highest BCUT2D eigenvalue weighted by Gasteiger charge is 2.21. The Balaban J connectivity index is 1.51. The SMILES string of the molecule is CCOC(=O)c1sc2nc(COC(=O)Cn3c(C)cc4ccccc43)nc(N)c2c1C. The molecule has 31 heavy (non-hydrogen) atoms. The Morgan fingerprint density at radius 2 is 1.94 bits per heavy atom. The maximum atomic E-state index is 12.5. The molecule has 0 atom stereocenters. The van der Waals surface area contributed by atoms with Gasteiger partial charge in [-0.3, -0.25) is 4.79 Å². The van der Waals surface area contributed by atoms with E-state index in [1.807, 2.05) is 41.8 Å². The molecule has 4 aromatic rings. The number of aryl methyl sites for hydroxylation is 2.